The summed E-state index contributed by atoms with van der Waals surface area (Å²) in [5.41, 5.74) is 3.56. The van der Waals surface area contributed by atoms with Gasteiger partial charge in [-0.2, -0.15) is 0 Å². The van der Waals surface area contributed by atoms with Crippen LogP contribution in [0.15, 0.2) is 36.4 Å². The molecule has 12 heteroatoms. The van der Waals surface area contributed by atoms with Crippen molar-refractivity contribution in [3.8, 4) is 11.5 Å². The number of aliphatic hydroxyl groups is 4. The number of nitrogens with one attached hydrogen (secondary N) is 2. The molecule has 10 N–H and O–H groups in total. The molecule has 2 aromatic rings. The van der Waals surface area contributed by atoms with E-state index in [1.807, 2.05) is 14.1 Å². The van der Waals surface area contributed by atoms with Crippen molar-refractivity contribution in [3.63, 3.8) is 0 Å². The lowest BCUT2D eigenvalue weighted by atomic mass is 10.1. The minimum absolute atomic E-state index is 0.0112. The highest BCUT2D eigenvalue weighted by atomic mass is 16.4. The summed E-state index contributed by atoms with van der Waals surface area (Å²) in [5.74, 6) is -3.07. The molecular formula is C22H32N2O10. The number of carboxylic acid groups (broad SMARTS) is 2. The summed E-state index contributed by atoms with van der Waals surface area (Å²) in [5, 5.41) is 74.6. The van der Waals surface area contributed by atoms with Crippen LogP contribution in [0.25, 0.3) is 0 Å². The van der Waals surface area contributed by atoms with Gasteiger partial charge in [0.1, 0.15) is 11.5 Å². The van der Waals surface area contributed by atoms with Crippen molar-refractivity contribution in [1.29, 1.82) is 0 Å². The van der Waals surface area contributed by atoms with E-state index in [0.717, 1.165) is 22.3 Å². The molecule has 2 aromatic carbocycles. The Hall–Kier alpha value is -3.26. The minimum atomic E-state index is -2.27. The van der Waals surface area contributed by atoms with E-state index in [1.54, 1.807) is 36.4 Å². The number of hydrogen-bond acceptors (Lipinski definition) is 10. The lowest BCUT2D eigenvalue weighted by Crippen LogP contribution is -2.39. The average Bonchev–Trinajstić information content (AvgIpc) is 2.79. The minimum Gasteiger partial charge on any atom is -0.508 e. The second kappa shape index (κ2) is 16.4. The Balaban J connectivity index is 0.000000484. The maximum Gasteiger partial charge on any atom is 0.335 e. The number of phenolic OH excluding ortho intramolecular Hbond substituents is 2. The standard InChI is InChI=1S/2C9H13NO2.C4H6O6/c2*1-10-5-8-4-9(12)3-2-7(8)6-11;5-1(3(7)8)2(6)4(9)10/h2*2-4,10-12H,5-6H2,1H3;1-2,5-6H,(H,7,8)(H,9,10)/t;;1-,2-/m..1/s1. The van der Waals surface area contributed by atoms with Gasteiger partial charge in [0.15, 0.2) is 12.2 Å². The topological polar surface area (TPSA) is 220 Å². The number of carboxylic acids is 2. The number of benzene rings is 2. The quantitative estimate of drug-likeness (QED) is 0.209. The van der Waals surface area contributed by atoms with Gasteiger partial charge in [-0.1, -0.05) is 12.1 Å². The molecule has 0 bridgehead atoms. The molecule has 0 unspecified atom stereocenters. The number of hydrogen-bond donors (Lipinski definition) is 10. The molecule has 2 rings (SSSR count). The number of phenols is 2. The Morgan fingerprint density at radius 3 is 1.26 bits per heavy atom. The summed E-state index contributed by atoms with van der Waals surface area (Å²) >= 11 is 0. The summed E-state index contributed by atoms with van der Waals surface area (Å²) in [4.78, 5) is 19.5. The first-order valence-electron chi connectivity index (χ1n) is 9.96. The molecule has 12 nitrogen and oxygen atoms in total. The van der Waals surface area contributed by atoms with Crippen molar-refractivity contribution >= 4 is 11.9 Å². The zero-order valence-corrected chi connectivity index (χ0v) is 18.8. The predicted octanol–water partition coefficient (Wildman–Crippen LogP) is -0.915. The lowest BCUT2D eigenvalue weighted by molar-refractivity contribution is -0.165. The van der Waals surface area contributed by atoms with Crippen LogP contribution in [0.5, 0.6) is 11.5 Å². The summed E-state index contributed by atoms with van der Waals surface area (Å²) in [6.07, 6.45) is -4.53. The Morgan fingerprint density at radius 2 is 1.03 bits per heavy atom. The summed E-state index contributed by atoms with van der Waals surface area (Å²) in [6.45, 7) is 1.34. The van der Waals surface area contributed by atoms with E-state index < -0.39 is 24.1 Å². The van der Waals surface area contributed by atoms with Gasteiger partial charge < -0.3 is 51.5 Å². The van der Waals surface area contributed by atoms with Crippen LogP contribution in [-0.2, 0) is 35.9 Å². The molecule has 34 heavy (non-hydrogen) atoms. The van der Waals surface area contributed by atoms with Crippen molar-refractivity contribution in [2.45, 2.75) is 38.5 Å². The zero-order valence-electron chi connectivity index (χ0n) is 18.8. The van der Waals surface area contributed by atoms with Gasteiger partial charge in [-0.15, -0.1) is 0 Å². The average molecular weight is 485 g/mol. The Morgan fingerprint density at radius 1 is 0.706 bits per heavy atom. The molecule has 0 saturated heterocycles. The van der Waals surface area contributed by atoms with Crippen molar-refractivity contribution in [1.82, 2.24) is 10.6 Å². The van der Waals surface area contributed by atoms with E-state index in [1.165, 1.54) is 0 Å². The molecular weight excluding hydrogens is 452 g/mol. The van der Waals surface area contributed by atoms with E-state index in [-0.39, 0.29) is 24.7 Å². The first-order chi connectivity index (χ1) is 16.0. The first kappa shape index (κ1) is 30.7. The van der Waals surface area contributed by atoms with Crippen LogP contribution in [0.3, 0.4) is 0 Å². The van der Waals surface area contributed by atoms with Crippen molar-refractivity contribution in [2.24, 2.45) is 0 Å². The van der Waals surface area contributed by atoms with Crippen LogP contribution in [0, 0.1) is 0 Å². The van der Waals surface area contributed by atoms with Crippen LogP contribution < -0.4 is 10.6 Å². The Kier molecular flexibility index (Phi) is 14.8. The van der Waals surface area contributed by atoms with Gasteiger partial charge in [0.2, 0.25) is 0 Å². The molecule has 0 aromatic heterocycles. The fourth-order valence-electron chi connectivity index (χ4n) is 2.51. The normalized spacial score (nSPS) is 11.8. The fourth-order valence-corrected chi connectivity index (χ4v) is 2.51. The second-order valence-corrected chi connectivity index (χ2v) is 6.85. The fraction of sp³-hybridized carbons (Fsp3) is 0.364. The monoisotopic (exact) mass is 484 g/mol. The highest BCUT2D eigenvalue weighted by molar-refractivity contribution is 5.83. The van der Waals surface area contributed by atoms with Crippen LogP contribution in [0.4, 0.5) is 0 Å². The van der Waals surface area contributed by atoms with Gasteiger partial charge in [0.25, 0.3) is 0 Å². The molecule has 0 fully saturated rings. The van der Waals surface area contributed by atoms with Crippen LogP contribution in [-0.4, -0.2) is 79.1 Å². The Labute approximate surface area is 196 Å². The van der Waals surface area contributed by atoms with Gasteiger partial charge >= 0.3 is 11.9 Å². The Bertz CT molecular complexity index is 834. The van der Waals surface area contributed by atoms with Gasteiger partial charge in [-0.05, 0) is 60.6 Å². The number of aromatic hydroxyl groups is 2. The number of carbonyl (C=O) groups is 2. The van der Waals surface area contributed by atoms with E-state index >= 15 is 0 Å². The largest absolute Gasteiger partial charge is 0.508 e. The smallest absolute Gasteiger partial charge is 0.335 e. The van der Waals surface area contributed by atoms with Crippen molar-refractivity contribution < 1.29 is 50.4 Å². The molecule has 0 saturated carbocycles. The molecule has 0 aliphatic heterocycles. The number of aliphatic hydroxyl groups excluding tert-OH is 4. The number of rotatable bonds is 9. The molecule has 190 valence electrons. The lowest BCUT2D eigenvalue weighted by Gasteiger charge is -2.07. The molecule has 0 heterocycles. The van der Waals surface area contributed by atoms with E-state index in [4.69, 9.17) is 40.9 Å². The van der Waals surface area contributed by atoms with Crippen molar-refractivity contribution in [3.05, 3.63) is 58.7 Å². The number of aliphatic carboxylic acids is 2. The summed E-state index contributed by atoms with van der Waals surface area (Å²) in [6, 6.07) is 9.91. The molecule has 2 atom stereocenters. The summed E-state index contributed by atoms with van der Waals surface area (Å²) in [7, 11) is 3.65. The van der Waals surface area contributed by atoms with Gasteiger partial charge in [0.05, 0.1) is 13.2 Å². The van der Waals surface area contributed by atoms with Crippen LogP contribution in [0.2, 0.25) is 0 Å². The highest BCUT2D eigenvalue weighted by Gasteiger charge is 2.29. The maximum absolute atomic E-state index is 9.77. The second-order valence-electron chi connectivity index (χ2n) is 6.85. The zero-order chi connectivity index (χ0) is 26.3. The van der Waals surface area contributed by atoms with Crippen LogP contribution >= 0.6 is 0 Å². The molecule has 0 radical (unpaired) electrons. The first-order valence-corrected chi connectivity index (χ1v) is 9.96. The van der Waals surface area contributed by atoms with Gasteiger partial charge in [-0.3, -0.25) is 0 Å². The van der Waals surface area contributed by atoms with Crippen LogP contribution in [0.1, 0.15) is 22.3 Å². The van der Waals surface area contributed by atoms with Gasteiger partial charge in [0, 0.05) is 13.1 Å². The summed E-state index contributed by atoms with van der Waals surface area (Å²) < 4.78 is 0. The third kappa shape index (κ3) is 11.0. The van der Waals surface area contributed by atoms with Crippen molar-refractivity contribution in [2.75, 3.05) is 14.1 Å². The SMILES string of the molecule is CNCc1cc(O)ccc1CO.CNCc1cc(O)ccc1CO.O=C(O)[C@H](O)[C@@H](O)C(=O)O. The molecule has 0 spiro atoms. The van der Waals surface area contributed by atoms with E-state index in [9.17, 15) is 9.59 Å². The van der Waals surface area contributed by atoms with E-state index in [0.29, 0.717) is 13.1 Å². The maximum atomic E-state index is 9.77. The highest BCUT2D eigenvalue weighted by Crippen LogP contribution is 2.17. The molecule has 0 amide bonds. The third-order valence-electron chi connectivity index (χ3n) is 4.26. The molecule has 0 aliphatic carbocycles. The molecule has 0 aliphatic rings. The van der Waals surface area contributed by atoms with Gasteiger partial charge in [-0.25, -0.2) is 9.59 Å². The third-order valence-corrected chi connectivity index (χ3v) is 4.26. The predicted molar refractivity (Wildman–Crippen MR) is 121 cm³/mol. The van der Waals surface area contributed by atoms with E-state index in [2.05, 4.69) is 10.6 Å².